The maximum absolute atomic E-state index is 9.09. The molecule has 2 N–H and O–H groups in total. The van der Waals surface area contributed by atoms with Crippen LogP contribution >= 0.6 is 0 Å². The molecule has 0 bridgehead atoms. The Kier molecular flexibility index (Phi) is 8.84. The summed E-state index contributed by atoms with van der Waals surface area (Å²) in [6.45, 7) is 3.77. The molecule has 4 aromatic rings. The van der Waals surface area contributed by atoms with E-state index in [1.807, 2.05) is 24.3 Å². The van der Waals surface area contributed by atoms with E-state index in [4.69, 9.17) is 33.9 Å². The molecule has 2 atom stereocenters. The number of fused-ring (bicyclic) bond motifs is 3. The Morgan fingerprint density at radius 1 is 0.595 bits per heavy atom. The van der Waals surface area contributed by atoms with E-state index in [1.165, 1.54) is 22.3 Å². The molecule has 4 aromatic carbocycles. The van der Waals surface area contributed by atoms with Crippen LogP contribution in [0.15, 0.2) is 97.1 Å². The molecule has 2 aliphatic heterocycles. The number of rotatable bonds is 12. The fraction of sp³-hybridized carbons (Fsp3) is 0.314. The molecule has 2 heterocycles. The lowest BCUT2D eigenvalue weighted by atomic mass is 9.68. The monoisotopic (exact) mass is 568 g/mol. The summed E-state index contributed by atoms with van der Waals surface area (Å²) in [4.78, 5) is 0. The minimum absolute atomic E-state index is 0.0167. The van der Waals surface area contributed by atoms with Crippen molar-refractivity contribution in [3.8, 4) is 22.6 Å². The van der Waals surface area contributed by atoms with E-state index in [-0.39, 0.29) is 26.4 Å². The van der Waals surface area contributed by atoms with Crippen molar-refractivity contribution in [3.63, 3.8) is 0 Å². The van der Waals surface area contributed by atoms with Crippen LogP contribution in [0.2, 0.25) is 0 Å². The van der Waals surface area contributed by atoms with Gasteiger partial charge in [-0.15, -0.1) is 0 Å². The molecule has 218 valence electrons. The molecule has 0 amide bonds. The number of benzene rings is 4. The average molecular weight is 569 g/mol. The lowest BCUT2D eigenvalue weighted by Crippen LogP contribution is -2.28. The van der Waals surface area contributed by atoms with Crippen LogP contribution in [0.1, 0.15) is 22.3 Å². The van der Waals surface area contributed by atoms with Gasteiger partial charge in [0.25, 0.3) is 0 Å². The molecule has 7 nitrogen and oxygen atoms in total. The van der Waals surface area contributed by atoms with Gasteiger partial charge in [-0.3, -0.25) is 0 Å². The van der Waals surface area contributed by atoms with E-state index in [9.17, 15) is 0 Å². The fourth-order valence-electron chi connectivity index (χ4n) is 5.61. The normalized spacial score (nSPS) is 18.7. The largest absolute Gasteiger partial charge is 0.491 e. The third-order valence-corrected chi connectivity index (χ3v) is 7.66. The predicted octanol–water partition coefficient (Wildman–Crippen LogP) is 4.59. The quantitative estimate of drug-likeness (QED) is 0.213. The van der Waals surface area contributed by atoms with Crippen molar-refractivity contribution in [2.24, 2.45) is 0 Å². The summed E-state index contributed by atoms with van der Waals surface area (Å²) in [5, 5.41) is 18.2. The molecule has 0 aromatic heterocycles. The Labute approximate surface area is 246 Å². The Bertz CT molecular complexity index is 1330. The second-order valence-corrected chi connectivity index (χ2v) is 10.5. The maximum Gasteiger partial charge on any atom is 0.119 e. The van der Waals surface area contributed by atoms with E-state index in [1.54, 1.807) is 0 Å². The van der Waals surface area contributed by atoms with Crippen molar-refractivity contribution in [1.82, 2.24) is 0 Å². The van der Waals surface area contributed by atoms with E-state index < -0.39 is 5.41 Å². The molecular weight excluding hydrogens is 532 g/mol. The number of hydrogen-bond donors (Lipinski definition) is 2. The van der Waals surface area contributed by atoms with Gasteiger partial charge in [-0.2, -0.15) is 0 Å². The van der Waals surface area contributed by atoms with Crippen LogP contribution in [0.5, 0.6) is 11.5 Å². The van der Waals surface area contributed by atoms with Crippen LogP contribution in [0.4, 0.5) is 0 Å². The number of hydrogen-bond acceptors (Lipinski definition) is 7. The molecule has 0 radical (unpaired) electrons. The van der Waals surface area contributed by atoms with Crippen molar-refractivity contribution in [2.45, 2.75) is 17.6 Å². The maximum atomic E-state index is 9.09. The Balaban J connectivity index is 0.000000296. The van der Waals surface area contributed by atoms with Crippen molar-refractivity contribution < 1.29 is 33.9 Å². The van der Waals surface area contributed by atoms with Crippen LogP contribution in [0, 0.1) is 0 Å². The Morgan fingerprint density at radius 3 is 1.38 bits per heavy atom. The van der Waals surface area contributed by atoms with Gasteiger partial charge in [-0.25, -0.2) is 0 Å². The minimum atomic E-state index is -0.488. The first-order valence-corrected chi connectivity index (χ1v) is 14.4. The summed E-state index contributed by atoms with van der Waals surface area (Å²) in [5.41, 5.74) is 6.72. The second-order valence-electron chi connectivity index (χ2n) is 10.5. The molecule has 42 heavy (non-hydrogen) atoms. The summed E-state index contributed by atoms with van der Waals surface area (Å²) >= 11 is 0. The molecule has 7 heteroatoms. The van der Waals surface area contributed by atoms with Gasteiger partial charge in [-0.1, -0.05) is 72.8 Å². The highest BCUT2D eigenvalue weighted by Gasteiger charge is 2.45. The molecule has 0 saturated carbocycles. The average Bonchev–Trinajstić information content (AvgIpc) is 3.99. The van der Waals surface area contributed by atoms with Gasteiger partial charge in [0.1, 0.15) is 36.9 Å². The summed E-state index contributed by atoms with van der Waals surface area (Å²) in [6.07, 6.45) is 0.785. The first-order chi connectivity index (χ1) is 20.7. The number of ether oxygens (including phenoxy) is 5. The summed E-state index contributed by atoms with van der Waals surface area (Å²) in [7, 11) is 0. The summed E-state index contributed by atoms with van der Waals surface area (Å²) in [5.74, 6) is 1.46. The molecular formula is C35H36O7. The smallest absolute Gasteiger partial charge is 0.119 e. The van der Waals surface area contributed by atoms with Crippen LogP contribution in [0.3, 0.4) is 0 Å². The third kappa shape index (κ3) is 6.07. The van der Waals surface area contributed by atoms with Gasteiger partial charge < -0.3 is 33.9 Å². The molecule has 2 fully saturated rings. The highest BCUT2D eigenvalue weighted by atomic mass is 16.6. The topological polar surface area (TPSA) is 93.2 Å². The Morgan fingerprint density at radius 2 is 1.00 bits per heavy atom. The molecule has 0 spiro atoms. The standard InChI is InChI=1S/C29H26O4.C6H10O3/c30-17-19-32-23-13-9-21(10-14-23)29(22-11-15-24(16-12-22)33-20-18-31)27-7-3-1-5-25(27)26-6-2-4-8-28(26)29;1(5-3-8-5)7-2-6-4-9-6/h1-16,30-31H,17-20H2;5-6H,1-4H2. The van der Waals surface area contributed by atoms with Gasteiger partial charge >= 0.3 is 0 Å². The van der Waals surface area contributed by atoms with Crippen molar-refractivity contribution in [1.29, 1.82) is 0 Å². The van der Waals surface area contributed by atoms with Gasteiger partial charge in [0.15, 0.2) is 0 Å². The zero-order valence-corrected chi connectivity index (χ0v) is 23.5. The van der Waals surface area contributed by atoms with Crippen molar-refractivity contribution >= 4 is 0 Å². The zero-order valence-electron chi connectivity index (χ0n) is 23.5. The lowest BCUT2D eigenvalue weighted by Gasteiger charge is -2.34. The molecule has 7 rings (SSSR count). The van der Waals surface area contributed by atoms with E-state index >= 15 is 0 Å². The molecule has 3 aliphatic rings. The zero-order chi connectivity index (χ0) is 28.8. The van der Waals surface area contributed by atoms with Crippen LogP contribution in [-0.4, -0.2) is 75.3 Å². The summed E-state index contributed by atoms with van der Waals surface area (Å²) in [6, 6.07) is 33.5. The van der Waals surface area contributed by atoms with E-state index in [0.717, 1.165) is 49.1 Å². The third-order valence-electron chi connectivity index (χ3n) is 7.66. The van der Waals surface area contributed by atoms with Gasteiger partial charge in [0.2, 0.25) is 0 Å². The molecule has 1 aliphatic carbocycles. The number of aliphatic hydroxyl groups excluding tert-OH is 2. The van der Waals surface area contributed by atoms with Crippen molar-refractivity contribution in [3.05, 3.63) is 119 Å². The first-order valence-electron chi connectivity index (χ1n) is 14.4. The van der Waals surface area contributed by atoms with E-state index in [2.05, 4.69) is 72.8 Å². The van der Waals surface area contributed by atoms with Crippen LogP contribution in [-0.2, 0) is 19.6 Å². The molecule has 2 unspecified atom stereocenters. The fourth-order valence-corrected chi connectivity index (χ4v) is 5.61. The number of epoxide rings is 2. The minimum Gasteiger partial charge on any atom is -0.491 e. The highest BCUT2D eigenvalue weighted by Crippen LogP contribution is 2.56. The van der Waals surface area contributed by atoms with Gasteiger partial charge in [-0.05, 0) is 57.6 Å². The van der Waals surface area contributed by atoms with Crippen LogP contribution in [0.25, 0.3) is 11.1 Å². The summed E-state index contributed by atoms with van der Waals surface area (Å²) < 4.78 is 26.4. The van der Waals surface area contributed by atoms with Gasteiger partial charge in [0.05, 0.1) is 45.1 Å². The van der Waals surface area contributed by atoms with E-state index in [0.29, 0.717) is 12.2 Å². The van der Waals surface area contributed by atoms with Crippen molar-refractivity contribution in [2.75, 3.05) is 52.9 Å². The lowest BCUT2D eigenvalue weighted by molar-refractivity contribution is 0.102. The predicted molar refractivity (Wildman–Crippen MR) is 159 cm³/mol. The Hall–Kier alpha value is -3.72. The first kappa shape index (κ1) is 28.4. The number of aliphatic hydroxyl groups is 2. The second kappa shape index (κ2) is 13.1. The molecule has 2 saturated heterocycles. The SMILES string of the molecule is C(OCC1CO1)C1CO1.OCCOc1ccc(C2(c3ccc(OCCO)cc3)c3ccccc3-c3ccccc32)cc1. The van der Waals surface area contributed by atoms with Gasteiger partial charge in [0, 0.05) is 0 Å². The highest BCUT2D eigenvalue weighted by molar-refractivity contribution is 5.86. The van der Waals surface area contributed by atoms with Crippen LogP contribution < -0.4 is 9.47 Å².